The molecule has 2 aromatic rings. The van der Waals surface area contributed by atoms with E-state index in [1.165, 1.54) is 0 Å². The second-order valence-corrected chi connectivity index (χ2v) is 5.95. The van der Waals surface area contributed by atoms with Crippen molar-refractivity contribution in [3.8, 4) is 0 Å². The van der Waals surface area contributed by atoms with E-state index in [9.17, 15) is 0 Å². The van der Waals surface area contributed by atoms with Crippen LogP contribution in [0, 0.1) is 0 Å². The molecule has 1 aliphatic rings. The molecule has 108 valence electrons. The normalized spacial score (nSPS) is 19.5. The Labute approximate surface area is 123 Å². The molecule has 0 amide bonds. The predicted molar refractivity (Wildman–Crippen MR) is 83.8 cm³/mol. The molecule has 6 heteroatoms. The average molecular weight is 292 g/mol. The van der Waals surface area contributed by atoms with E-state index in [1.807, 2.05) is 0 Å². The number of nitrogens with zero attached hydrogens (tertiary/aromatic N) is 3. The smallest absolute Gasteiger partial charge is 0.226 e. The number of hydrogen-bond donors (Lipinski definition) is 1. The molecule has 20 heavy (non-hydrogen) atoms. The summed E-state index contributed by atoms with van der Waals surface area (Å²) in [6.45, 7) is 7.62. The van der Waals surface area contributed by atoms with Crippen molar-refractivity contribution in [1.82, 2.24) is 9.97 Å². The Morgan fingerprint density at radius 2 is 2.40 bits per heavy atom. The number of ether oxygens (including phenoxy) is 1. The summed E-state index contributed by atoms with van der Waals surface area (Å²) in [7, 11) is 0. The third kappa shape index (κ3) is 2.58. The molecule has 0 saturated carbocycles. The summed E-state index contributed by atoms with van der Waals surface area (Å²) in [5.41, 5.74) is 0. The van der Waals surface area contributed by atoms with Crippen LogP contribution in [0.15, 0.2) is 11.4 Å². The zero-order valence-electron chi connectivity index (χ0n) is 11.9. The summed E-state index contributed by atoms with van der Waals surface area (Å²) in [6.07, 6.45) is 1.06. The van der Waals surface area contributed by atoms with E-state index in [1.54, 1.807) is 11.3 Å². The third-order valence-electron chi connectivity index (χ3n) is 3.48. The molecular formula is C14H20N4OS. The van der Waals surface area contributed by atoms with Crippen LogP contribution in [0.3, 0.4) is 0 Å². The summed E-state index contributed by atoms with van der Waals surface area (Å²) < 4.78 is 5.52. The van der Waals surface area contributed by atoms with E-state index in [-0.39, 0.29) is 0 Å². The summed E-state index contributed by atoms with van der Waals surface area (Å²) in [5.74, 6) is 1.76. The van der Waals surface area contributed by atoms with Gasteiger partial charge in [0.05, 0.1) is 24.6 Å². The van der Waals surface area contributed by atoms with Crippen molar-refractivity contribution in [2.75, 3.05) is 36.5 Å². The van der Waals surface area contributed by atoms with Crippen molar-refractivity contribution in [3.63, 3.8) is 0 Å². The van der Waals surface area contributed by atoms with Gasteiger partial charge >= 0.3 is 0 Å². The minimum absolute atomic E-state index is 0.348. The third-order valence-corrected chi connectivity index (χ3v) is 4.28. The van der Waals surface area contributed by atoms with Crippen LogP contribution in [0.5, 0.6) is 0 Å². The minimum Gasteiger partial charge on any atom is -0.377 e. The summed E-state index contributed by atoms with van der Waals surface area (Å²) in [6, 6.07) is 2.46. The van der Waals surface area contributed by atoms with Crippen LogP contribution in [0.25, 0.3) is 10.2 Å². The Bertz CT molecular complexity index is 586. The number of aromatic nitrogens is 2. The SMILES string of the molecule is CCCNc1nc(N2CCOCC2C)c2ccsc2n1. The lowest BCUT2D eigenvalue weighted by Crippen LogP contribution is -2.44. The summed E-state index contributed by atoms with van der Waals surface area (Å²) >= 11 is 1.67. The summed E-state index contributed by atoms with van der Waals surface area (Å²) in [5, 5.41) is 6.52. The van der Waals surface area contributed by atoms with Gasteiger partial charge in [-0.2, -0.15) is 4.98 Å². The van der Waals surface area contributed by atoms with Crippen molar-refractivity contribution in [2.24, 2.45) is 0 Å². The Hall–Kier alpha value is -1.40. The average Bonchev–Trinajstić information content (AvgIpc) is 2.93. The van der Waals surface area contributed by atoms with Gasteiger partial charge in [0.2, 0.25) is 5.95 Å². The number of hydrogen-bond acceptors (Lipinski definition) is 6. The van der Waals surface area contributed by atoms with Crippen molar-refractivity contribution in [1.29, 1.82) is 0 Å². The second-order valence-electron chi connectivity index (χ2n) is 5.05. The summed E-state index contributed by atoms with van der Waals surface area (Å²) in [4.78, 5) is 12.7. The van der Waals surface area contributed by atoms with Gasteiger partial charge in [-0.1, -0.05) is 6.92 Å². The van der Waals surface area contributed by atoms with Gasteiger partial charge in [0.1, 0.15) is 10.6 Å². The van der Waals surface area contributed by atoms with Crippen LogP contribution in [-0.2, 0) is 4.74 Å². The largest absolute Gasteiger partial charge is 0.377 e. The Morgan fingerprint density at radius 3 is 3.20 bits per heavy atom. The standard InChI is InChI=1S/C14H20N4OS/c1-3-5-15-14-16-12(11-4-8-20-13(11)17-14)18-6-7-19-9-10(18)2/h4,8,10H,3,5-7,9H2,1-2H3,(H,15,16,17). The first kappa shape index (κ1) is 13.6. The topological polar surface area (TPSA) is 50.3 Å². The van der Waals surface area contributed by atoms with Crippen molar-refractivity contribution in [2.45, 2.75) is 26.3 Å². The lowest BCUT2D eigenvalue weighted by Gasteiger charge is -2.34. The van der Waals surface area contributed by atoms with Crippen molar-refractivity contribution >= 4 is 33.3 Å². The van der Waals surface area contributed by atoms with Crippen LogP contribution >= 0.6 is 11.3 Å². The maximum absolute atomic E-state index is 5.52. The maximum Gasteiger partial charge on any atom is 0.226 e. The second kappa shape index (κ2) is 5.93. The van der Waals surface area contributed by atoms with Gasteiger partial charge in [-0.15, -0.1) is 11.3 Å². The molecule has 3 heterocycles. The molecule has 1 fully saturated rings. The number of morpholine rings is 1. The van der Waals surface area contributed by atoms with E-state index < -0.39 is 0 Å². The molecule has 1 unspecified atom stereocenters. The highest BCUT2D eigenvalue weighted by Crippen LogP contribution is 2.30. The molecular weight excluding hydrogens is 272 g/mol. The number of nitrogens with one attached hydrogen (secondary N) is 1. The highest BCUT2D eigenvalue weighted by molar-refractivity contribution is 7.16. The van der Waals surface area contributed by atoms with Gasteiger partial charge in [0, 0.05) is 13.1 Å². The molecule has 3 rings (SSSR count). The van der Waals surface area contributed by atoms with Gasteiger partial charge in [-0.25, -0.2) is 4.98 Å². The van der Waals surface area contributed by atoms with E-state index in [0.717, 1.165) is 54.7 Å². The van der Waals surface area contributed by atoms with Crippen LogP contribution in [-0.4, -0.2) is 42.3 Å². The van der Waals surface area contributed by atoms with Crippen molar-refractivity contribution < 1.29 is 4.74 Å². The minimum atomic E-state index is 0.348. The van der Waals surface area contributed by atoms with E-state index in [0.29, 0.717) is 6.04 Å². The van der Waals surface area contributed by atoms with Gasteiger partial charge in [0.25, 0.3) is 0 Å². The zero-order chi connectivity index (χ0) is 13.9. The maximum atomic E-state index is 5.52. The first-order valence-electron chi connectivity index (χ1n) is 7.13. The molecule has 0 aliphatic carbocycles. The van der Waals surface area contributed by atoms with E-state index >= 15 is 0 Å². The Balaban J connectivity index is 2.00. The Morgan fingerprint density at radius 1 is 1.50 bits per heavy atom. The van der Waals surface area contributed by atoms with E-state index in [4.69, 9.17) is 9.72 Å². The zero-order valence-corrected chi connectivity index (χ0v) is 12.7. The number of rotatable bonds is 4. The highest BCUT2D eigenvalue weighted by atomic mass is 32.1. The quantitative estimate of drug-likeness (QED) is 0.939. The first-order valence-corrected chi connectivity index (χ1v) is 8.01. The fourth-order valence-corrected chi connectivity index (χ4v) is 3.17. The van der Waals surface area contributed by atoms with Crippen LogP contribution < -0.4 is 10.2 Å². The van der Waals surface area contributed by atoms with E-state index in [2.05, 4.69) is 40.5 Å². The molecule has 1 aliphatic heterocycles. The van der Waals surface area contributed by atoms with Crippen LogP contribution in [0.2, 0.25) is 0 Å². The molecule has 0 aromatic carbocycles. The number of anilines is 2. The first-order chi connectivity index (χ1) is 9.79. The monoisotopic (exact) mass is 292 g/mol. The van der Waals surface area contributed by atoms with Crippen LogP contribution in [0.4, 0.5) is 11.8 Å². The Kier molecular flexibility index (Phi) is 4.03. The molecule has 1 N–H and O–H groups in total. The number of fused-ring (bicyclic) bond motifs is 1. The van der Waals surface area contributed by atoms with Crippen LogP contribution in [0.1, 0.15) is 20.3 Å². The van der Waals surface area contributed by atoms with Gasteiger partial charge < -0.3 is 15.0 Å². The van der Waals surface area contributed by atoms with Gasteiger partial charge in [0.15, 0.2) is 0 Å². The van der Waals surface area contributed by atoms with Gasteiger partial charge in [-0.3, -0.25) is 0 Å². The molecule has 0 radical (unpaired) electrons. The molecule has 5 nitrogen and oxygen atoms in total. The lowest BCUT2D eigenvalue weighted by molar-refractivity contribution is 0.0987. The number of thiophene rings is 1. The van der Waals surface area contributed by atoms with Gasteiger partial charge in [-0.05, 0) is 24.8 Å². The fourth-order valence-electron chi connectivity index (χ4n) is 2.42. The molecule has 0 spiro atoms. The molecule has 2 aromatic heterocycles. The van der Waals surface area contributed by atoms with Crippen molar-refractivity contribution in [3.05, 3.63) is 11.4 Å². The molecule has 1 saturated heterocycles. The highest BCUT2D eigenvalue weighted by Gasteiger charge is 2.23. The lowest BCUT2D eigenvalue weighted by atomic mass is 10.2. The predicted octanol–water partition coefficient (Wildman–Crippen LogP) is 2.74. The molecule has 0 bridgehead atoms. The fraction of sp³-hybridized carbons (Fsp3) is 0.571. The molecule has 1 atom stereocenters.